The molecule has 0 aromatic heterocycles. The summed E-state index contributed by atoms with van der Waals surface area (Å²) in [4.78, 5) is 0. The highest BCUT2D eigenvalue weighted by molar-refractivity contribution is 8.15. The topological polar surface area (TPSA) is 18.8 Å². The minimum absolute atomic E-state index is 0.286. The SMILES string of the molecule is CC(C)N(P=N[P+](Cl)(Cl)N(C(C)C)C(C)C)C(C)C. The van der Waals surface area contributed by atoms with E-state index >= 15 is 0 Å². The van der Waals surface area contributed by atoms with Crippen molar-refractivity contribution in [1.29, 1.82) is 0 Å². The minimum Gasteiger partial charge on any atom is -0.234 e. The van der Waals surface area contributed by atoms with E-state index in [4.69, 9.17) is 22.5 Å². The zero-order valence-corrected chi connectivity index (χ0v) is 16.6. The van der Waals surface area contributed by atoms with Gasteiger partial charge in [-0.25, -0.2) is 4.67 Å². The van der Waals surface area contributed by atoms with E-state index in [1.165, 1.54) is 0 Å². The highest BCUT2D eigenvalue weighted by Crippen LogP contribution is 2.75. The van der Waals surface area contributed by atoms with Gasteiger partial charge in [0.1, 0.15) is 8.52 Å². The lowest BCUT2D eigenvalue weighted by Crippen LogP contribution is -2.33. The molecule has 0 spiro atoms. The second kappa shape index (κ2) is 8.47. The van der Waals surface area contributed by atoms with Crippen molar-refractivity contribution in [2.45, 2.75) is 79.6 Å². The first-order valence-electron chi connectivity index (χ1n) is 6.79. The largest absolute Gasteiger partial charge is 0.404 e. The van der Waals surface area contributed by atoms with Crippen molar-refractivity contribution in [2.75, 3.05) is 0 Å². The van der Waals surface area contributed by atoms with Gasteiger partial charge in [0.25, 0.3) is 0 Å². The fourth-order valence-corrected chi connectivity index (χ4v) is 7.38. The van der Waals surface area contributed by atoms with Crippen molar-refractivity contribution in [3.8, 4) is 0 Å². The molecular weight excluding hydrogens is 319 g/mol. The first kappa shape index (κ1) is 20.0. The molecule has 0 saturated heterocycles. The van der Waals surface area contributed by atoms with Crippen LogP contribution in [0.1, 0.15) is 55.4 Å². The van der Waals surface area contributed by atoms with Crippen molar-refractivity contribution in [2.24, 2.45) is 4.52 Å². The molecule has 0 unspecified atom stereocenters. The van der Waals surface area contributed by atoms with Gasteiger partial charge in [0, 0.05) is 24.2 Å². The molecule has 3 nitrogen and oxygen atoms in total. The van der Waals surface area contributed by atoms with Gasteiger partial charge in [0.05, 0.1) is 0 Å². The predicted molar refractivity (Wildman–Crippen MR) is 92.2 cm³/mol. The van der Waals surface area contributed by atoms with Gasteiger partial charge in [-0.3, -0.25) is 0 Å². The average molecular weight is 347 g/mol. The first-order chi connectivity index (χ1) is 8.50. The molecule has 0 rings (SSSR count). The Kier molecular flexibility index (Phi) is 8.93. The fourth-order valence-electron chi connectivity index (χ4n) is 2.10. The lowest BCUT2D eigenvalue weighted by atomic mass is 10.3. The van der Waals surface area contributed by atoms with E-state index in [0.29, 0.717) is 12.1 Å². The molecule has 7 heteroatoms. The quantitative estimate of drug-likeness (QED) is 0.495. The zero-order chi connectivity index (χ0) is 15.4. The smallest absolute Gasteiger partial charge is 0.234 e. The van der Waals surface area contributed by atoms with Crippen LogP contribution in [0, 0.1) is 0 Å². The van der Waals surface area contributed by atoms with Gasteiger partial charge in [-0.15, -0.1) is 4.67 Å². The Morgan fingerprint density at radius 3 is 1.42 bits per heavy atom. The molecule has 0 radical (unpaired) electrons. The van der Waals surface area contributed by atoms with E-state index in [-0.39, 0.29) is 12.1 Å². The standard InChI is InChI=1S/C12H28Cl2N3P2/c1-9(2)16(10(3)4)18-15-19(13,14)17(11(5)6)12(7)8/h9-12H,1-8H3/q+1. The summed E-state index contributed by atoms with van der Waals surface area (Å²) in [5.74, 6) is 0. The number of halogens is 2. The molecule has 0 aromatic rings. The summed E-state index contributed by atoms with van der Waals surface area (Å²) in [6, 6.07) is 1.42. The monoisotopic (exact) mass is 346 g/mol. The molecule has 0 N–H and O–H groups in total. The Balaban J connectivity index is 5.10. The summed E-state index contributed by atoms with van der Waals surface area (Å²) in [7, 11) is 0.863. The zero-order valence-electron chi connectivity index (χ0n) is 13.3. The Morgan fingerprint density at radius 2 is 1.16 bits per heavy atom. The molecule has 0 fully saturated rings. The lowest BCUT2D eigenvalue weighted by Gasteiger charge is -2.29. The lowest BCUT2D eigenvalue weighted by molar-refractivity contribution is 0.323. The number of hydrogen-bond acceptors (Lipinski definition) is 2. The second-order valence-electron chi connectivity index (χ2n) is 5.77. The van der Waals surface area contributed by atoms with Gasteiger partial charge in [-0.05, 0) is 59.9 Å². The molecule has 0 aliphatic carbocycles. The maximum Gasteiger partial charge on any atom is 0.404 e. The summed E-state index contributed by atoms with van der Waals surface area (Å²) in [6.45, 7) is 17.1. The van der Waals surface area contributed by atoms with Crippen LogP contribution in [0.4, 0.5) is 0 Å². The molecule has 0 saturated carbocycles. The third-order valence-corrected chi connectivity index (χ3v) is 8.70. The Labute approximate surface area is 131 Å². The fraction of sp³-hybridized carbons (Fsp3) is 1.00. The van der Waals surface area contributed by atoms with Crippen molar-refractivity contribution < 1.29 is 0 Å². The van der Waals surface area contributed by atoms with Crippen molar-refractivity contribution in [3.63, 3.8) is 0 Å². The highest BCUT2D eigenvalue weighted by Gasteiger charge is 2.47. The molecule has 0 aliphatic heterocycles. The third-order valence-electron chi connectivity index (χ3n) is 2.65. The summed E-state index contributed by atoms with van der Waals surface area (Å²) in [6.07, 6.45) is -2.45. The molecule has 0 amide bonds. The highest BCUT2D eigenvalue weighted by atomic mass is 35.9. The van der Waals surface area contributed by atoms with Crippen molar-refractivity contribution in [3.05, 3.63) is 0 Å². The molecule has 0 heterocycles. The van der Waals surface area contributed by atoms with Crippen LogP contribution in [0.5, 0.6) is 0 Å². The van der Waals surface area contributed by atoms with E-state index < -0.39 is 6.27 Å². The molecule has 0 aliphatic rings. The molecular formula is C12H28Cl2N3P2+. The summed E-state index contributed by atoms with van der Waals surface area (Å²) in [5, 5.41) is 0. The van der Waals surface area contributed by atoms with Crippen LogP contribution in [0.25, 0.3) is 0 Å². The Morgan fingerprint density at radius 1 is 0.789 bits per heavy atom. The average Bonchev–Trinajstić information content (AvgIpc) is 2.13. The van der Waals surface area contributed by atoms with Crippen LogP contribution in [0.15, 0.2) is 4.52 Å². The summed E-state index contributed by atoms with van der Waals surface area (Å²) >= 11 is 13.1. The van der Waals surface area contributed by atoms with Crippen LogP contribution in [0.2, 0.25) is 0 Å². The molecule has 0 aromatic carbocycles. The molecule has 19 heavy (non-hydrogen) atoms. The third kappa shape index (κ3) is 6.55. The normalized spacial score (nSPS) is 14.3. The van der Waals surface area contributed by atoms with E-state index in [9.17, 15) is 0 Å². The van der Waals surface area contributed by atoms with E-state index in [1.807, 2.05) is 0 Å². The molecule has 114 valence electrons. The second-order valence-corrected chi connectivity index (χ2v) is 11.8. The van der Waals surface area contributed by atoms with Gasteiger partial charge in [-0.2, -0.15) is 0 Å². The summed E-state index contributed by atoms with van der Waals surface area (Å²) in [5.41, 5.74) is 0. The minimum atomic E-state index is -2.45. The van der Waals surface area contributed by atoms with Gasteiger partial charge in [-0.1, -0.05) is 0 Å². The van der Waals surface area contributed by atoms with E-state index in [0.717, 1.165) is 8.52 Å². The maximum atomic E-state index is 6.55. The van der Waals surface area contributed by atoms with Gasteiger partial charge < -0.3 is 0 Å². The molecule has 0 bridgehead atoms. The Hall–Kier alpha value is 1.03. The van der Waals surface area contributed by atoms with Crippen LogP contribution < -0.4 is 0 Å². The van der Waals surface area contributed by atoms with Crippen molar-refractivity contribution >= 4 is 37.3 Å². The number of nitrogens with zero attached hydrogens (tertiary/aromatic N) is 3. The van der Waals surface area contributed by atoms with Crippen molar-refractivity contribution in [1.82, 2.24) is 9.34 Å². The first-order valence-corrected chi connectivity index (χ1v) is 11.1. The van der Waals surface area contributed by atoms with E-state index in [2.05, 4.69) is 69.2 Å². The Bertz CT molecular complexity index is 279. The summed E-state index contributed by atoms with van der Waals surface area (Å²) < 4.78 is 8.98. The van der Waals surface area contributed by atoms with Crippen LogP contribution in [-0.2, 0) is 0 Å². The predicted octanol–water partition coefficient (Wildman–Crippen LogP) is 6.42. The maximum absolute atomic E-state index is 6.55. The van der Waals surface area contributed by atoms with E-state index in [1.54, 1.807) is 0 Å². The number of rotatable bonds is 7. The van der Waals surface area contributed by atoms with Gasteiger partial charge in [0.2, 0.25) is 0 Å². The van der Waals surface area contributed by atoms with Crippen LogP contribution in [-0.4, -0.2) is 33.5 Å². The van der Waals surface area contributed by atoms with Crippen LogP contribution in [0.3, 0.4) is 0 Å². The molecule has 0 atom stereocenters. The number of hydrogen-bond donors (Lipinski definition) is 0. The van der Waals surface area contributed by atoms with Gasteiger partial charge >= 0.3 is 6.27 Å². The van der Waals surface area contributed by atoms with Gasteiger partial charge in [0.15, 0.2) is 22.5 Å². The van der Waals surface area contributed by atoms with Crippen LogP contribution >= 0.6 is 37.3 Å².